The number of carboxylic acids is 1. The fraction of sp³-hybridized carbons (Fsp3) is 0.650. The molecule has 0 aliphatic heterocycles. The Labute approximate surface area is 140 Å². The van der Waals surface area contributed by atoms with Crippen molar-refractivity contribution in [2.75, 3.05) is 6.61 Å². The van der Waals surface area contributed by atoms with Crippen molar-refractivity contribution in [2.24, 2.45) is 0 Å². The van der Waals surface area contributed by atoms with Gasteiger partial charge in [0.2, 0.25) is 0 Å². The summed E-state index contributed by atoms with van der Waals surface area (Å²) in [5.74, 6) is -0.296. The number of carboxylic acid groups (broad SMARTS) is 1. The summed E-state index contributed by atoms with van der Waals surface area (Å²) in [7, 11) is 0. The van der Waals surface area contributed by atoms with Crippen molar-refractivity contribution in [3.63, 3.8) is 0 Å². The van der Waals surface area contributed by atoms with E-state index in [0.717, 1.165) is 32.3 Å². The summed E-state index contributed by atoms with van der Waals surface area (Å²) in [4.78, 5) is 10.9. The summed E-state index contributed by atoms with van der Waals surface area (Å²) in [5, 5.41) is 8.95. The van der Waals surface area contributed by atoms with Crippen molar-refractivity contribution < 1.29 is 14.6 Å². The van der Waals surface area contributed by atoms with E-state index in [1.807, 2.05) is 12.1 Å². The van der Waals surface area contributed by atoms with E-state index in [-0.39, 0.29) is 0 Å². The van der Waals surface area contributed by atoms with E-state index >= 15 is 0 Å². The Bertz CT molecular complexity index is 458. The van der Waals surface area contributed by atoms with Crippen LogP contribution in [-0.2, 0) is 4.74 Å². The molecule has 0 atom stereocenters. The molecule has 1 aromatic carbocycles. The standard InChI is InChI=1S/C20H30O3/c1-2-3-4-5-6-15-23-19-13-11-17(12-14-19)16-7-9-18(10-8-16)20(21)22/h7-10,17,19H,2-6,11-15H2,1H3,(H,21,22). The van der Waals surface area contributed by atoms with E-state index in [1.165, 1.54) is 37.7 Å². The van der Waals surface area contributed by atoms with Crippen LogP contribution >= 0.6 is 0 Å². The summed E-state index contributed by atoms with van der Waals surface area (Å²) in [6.07, 6.45) is 11.4. The van der Waals surface area contributed by atoms with Crippen LogP contribution in [0.2, 0.25) is 0 Å². The van der Waals surface area contributed by atoms with E-state index in [4.69, 9.17) is 9.84 Å². The van der Waals surface area contributed by atoms with Crippen molar-refractivity contribution in [1.82, 2.24) is 0 Å². The maximum absolute atomic E-state index is 10.9. The highest BCUT2D eigenvalue weighted by molar-refractivity contribution is 5.87. The van der Waals surface area contributed by atoms with Crippen LogP contribution in [0.25, 0.3) is 0 Å². The van der Waals surface area contributed by atoms with Gasteiger partial charge in [-0.1, -0.05) is 44.7 Å². The maximum Gasteiger partial charge on any atom is 0.335 e. The number of hydrogen-bond donors (Lipinski definition) is 1. The number of unbranched alkanes of at least 4 members (excludes halogenated alkanes) is 4. The molecule has 3 heteroatoms. The zero-order chi connectivity index (χ0) is 16.5. The Morgan fingerprint density at radius 3 is 2.30 bits per heavy atom. The van der Waals surface area contributed by atoms with Crippen LogP contribution < -0.4 is 0 Å². The fourth-order valence-corrected chi connectivity index (χ4v) is 3.42. The normalized spacial score (nSPS) is 21.3. The smallest absolute Gasteiger partial charge is 0.335 e. The van der Waals surface area contributed by atoms with Crippen LogP contribution in [-0.4, -0.2) is 23.8 Å². The van der Waals surface area contributed by atoms with Gasteiger partial charge in [0.25, 0.3) is 0 Å². The SMILES string of the molecule is CCCCCCCOC1CCC(c2ccc(C(=O)O)cc2)CC1. The van der Waals surface area contributed by atoms with E-state index in [9.17, 15) is 4.79 Å². The molecule has 1 N–H and O–H groups in total. The van der Waals surface area contributed by atoms with Gasteiger partial charge >= 0.3 is 5.97 Å². The van der Waals surface area contributed by atoms with Crippen molar-refractivity contribution in [2.45, 2.75) is 76.7 Å². The quantitative estimate of drug-likeness (QED) is 0.620. The Morgan fingerprint density at radius 2 is 1.70 bits per heavy atom. The number of benzene rings is 1. The number of rotatable bonds is 9. The molecule has 0 bridgehead atoms. The summed E-state index contributed by atoms with van der Waals surface area (Å²) in [6, 6.07) is 7.39. The molecule has 1 aliphatic carbocycles. The van der Waals surface area contributed by atoms with Gasteiger partial charge < -0.3 is 9.84 Å². The summed E-state index contributed by atoms with van der Waals surface area (Å²) >= 11 is 0. The monoisotopic (exact) mass is 318 g/mol. The number of aromatic carboxylic acids is 1. The first-order chi connectivity index (χ1) is 11.2. The average molecular weight is 318 g/mol. The van der Waals surface area contributed by atoms with Gasteiger partial charge in [-0.25, -0.2) is 4.79 Å². The predicted molar refractivity (Wildman–Crippen MR) is 93.1 cm³/mol. The topological polar surface area (TPSA) is 46.5 Å². The van der Waals surface area contributed by atoms with Crippen LogP contribution in [0.4, 0.5) is 0 Å². The lowest BCUT2D eigenvalue weighted by molar-refractivity contribution is 0.0226. The molecule has 0 spiro atoms. The molecule has 23 heavy (non-hydrogen) atoms. The molecule has 1 aliphatic rings. The van der Waals surface area contributed by atoms with E-state index in [0.29, 0.717) is 17.6 Å². The molecule has 0 radical (unpaired) electrons. The molecular formula is C20H30O3. The summed E-state index contributed by atoms with van der Waals surface area (Å²) < 4.78 is 6.02. The van der Waals surface area contributed by atoms with Gasteiger partial charge in [0.1, 0.15) is 0 Å². The van der Waals surface area contributed by atoms with Gasteiger partial charge in [0.15, 0.2) is 0 Å². The first-order valence-electron chi connectivity index (χ1n) is 9.15. The number of carbonyl (C=O) groups is 1. The molecule has 2 rings (SSSR count). The third-order valence-electron chi connectivity index (χ3n) is 4.90. The first kappa shape index (κ1) is 18.0. The van der Waals surface area contributed by atoms with Crippen molar-refractivity contribution >= 4 is 5.97 Å². The minimum absolute atomic E-state index is 0.369. The fourth-order valence-electron chi connectivity index (χ4n) is 3.42. The molecule has 3 nitrogen and oxygen atoms in total. The second kappa shape index (κ2) is 9.71. The van der Waals surface area contributed by atoms with E-state index in [2.05, 4.69) is 6.92 Å². The Kier molecular flexibility index (Phi) is 7.60. The highest BCUT2D eigenvalue weighted by Crippen LogP contribution is 2.34. The van der Waals surface area contributed by atoms with Gasteiger partial charge in [-0.05, 0) is 55.7 Å². The maximum atomic E-state index is 10.9. The van der Waals surface area contributed by atoms with Crippen molar-refractivity contribution in [3.8, 4) is 0 Å². The molecule has 1 aromatic rings. The van der Waals surface area contributed by atoms with E-state index in [1.54, 1.807) is 12.1 Å². The van der Waals surface area contributed by atoms with Gasteiger partial charge in [-0.2, -0.15) is 0 Å². The van der Waals surface area contributed by atoms with E-state index < -0.39 is 5.97 Å². The largest absolute Gasteiger partial charge is 0.478 e. The lowest BCUT2D eigenvalue weighted by Crippen LogP contribution is -2.21. The van der Waals surface area contributed by atoms with Crippen LogP contribution in [0.15, 0.2) is 24.3 Å². The summed E-state index contributed by atoms with van der Waals surface area (Å²) in [5.41, 5.74) is 1.64. The van der Waals surface area contributed by atoms with Gasteiger partial charge in [-0.3, -0.25) is 0 Å². The second-order valence-electron chi connectivity index (χ2n) is 6.69. The van der Waals surface area contributed by atoms with Crippen molar-refractivity contribution in [1.29, 1.82) is 0 Å². The Hall–Kier alpha value is -1.35. The average Bonchev–Trinajstić information content (AvgIpc) is 2.58. The van der Waals surface area contributed by atoms with Gasteiger partial charge in [0, 0.05) is 6.61 Å². The lowest BCUT2D eigenvalue weighted by atomic mass is 9.82. The molecule has 0 amide bonds. The minimum Gasteiger partial charge on any atom is -0.478 e. The lowest BCUT2D eigenvalue weighted by Gasteiger charge is -2.29. The molecular weight excluding hydrogens is 288 g/mol. The Balaban J connectivity index is 1.66. The number of hydrogen-bond acceptors (Lipinski definition) is 2. The third-order valence-corrected chi connectivity index (χ3v) is 4.90. The molecule has 0 heterocycles. The molecule has 0 unspecified atom stereocenters. The molecule has 0 saturated heterocycles. The minimum atomic E-state index is -0.854. The summed E-state index contributed by atoms with van der Waals surface area (Å²) in [6.45, 7) is 3.15. The number of ether oxygens (including phenoxy) is 1. The zero-order valence-corrected chi connectivity index (χ0v) is 14.3. The van der Waals surface area contributed by atoms with Crippen molar-refractivity contribution in [3.05, 3.63) is 35.4 Å². The molecule has 0 aromatic heterocycles. The molecule has 1 saturated carbocycles. The zero-order valence-electron chi connectivity index (χ0n) is 14.3. The second-order valence-corrected chi connectivity index (χ2v) is 6.69. The van der Waals surface area contributed by atoms with Crippen LogP contribution in [0, 0.1) is 0 Å². The van der Waals surface area contributed by atoms with Crippen LogP contribution in [0.5, 0.6) is 0 Å². The molecule has 128 valence electrons. The predicted octanol–water partition coefficient (Wildman–Crippen LogP) is 5.40. The van der Waals surface area contributed by atoms with Gasteiger partial charge in [-0.15, -0.1) is 0 Å². The van der Waals surface area contributed by atoms with Crippen LogP contribution in [0.3, 0.4) is 0 Å². The Morgan fingerprint density at radius 1 is 1.04 bits per heavy atom. The highest BCUT2D eigenvalue weighted by Gasteiger charge is 2.22. The van der Waals surface area contributed by atoms with Crippen LogP contribution in [0.1, 0.15) is 86.6 Å². The first-order valence-corrected chi connectivity index (χ1v) is 9.15. The molecule has 1 fully saturated rings. The van der Waals surface area contributed by atoms with Gasteiger partial charge in [0.05, 0.1) is 11.7 Å². The third kappa shape index (κ3) is 5.98. The highest BCUT2D eigenvalue weighted by atomic mass is 16.5.